The molecule has 0 heterocycles. The summed E-state index contributed by atoms with van der Waals surface area (Å²) in [6.07, 6.45) is 0. The van der Waals surface area contributed by atoms with Crippen molar-refractivity contribution in [3.63, 3.8) is 0 Å². The van der Waals surface area contributed by atoms with Gasteiger partial charge in [-0.05, 0) is 24.3 Å². The van der Waals surface area contributed by atoms with Gasteiger partial charge in [-0.15, -0.1) is 0 Å². The molecule has 0 aliphatic heterocycles. The first-order valence-electron chi connectivity index (χ1n) is 5.77. The maximum Gasteiger partial charge on any atom is 0.137 e. The summed E-state index contributed by atoms with van der Waals surface area (Å²) in [5.74, 6) is 0.141. The van der Waals surface area contributed by atoms with Crippen molar-refractivity contribution < 1.29 is 13.3 Å². The Labute approximate surface area is 127 Å². The van der Waals surface area contributed by atoms with Crippen molar-refractivity contribution in [2.24, 2.45) is 0 Å². The van der Waals surface area contributed by atoms with Crippen molar-refractivity contribution in [1.82, 2.24) is 0 Å². The molecule has 0 spiro atoms. The van der Waals surface area contributed by atoms with Crippen LogP contribution in [0.2, 0.25) is 0 Å². The van der Waals surface area contributed by atoms with Crippen molar-refractivity contribution in [1.29, 1.82) is 0 Å². The molecular formula is C14H13BrFNO2S. The van der Waals surface area contributed by atoms with Crippen LogP contribution in [0.1, 0.15) is 5.56 Å². The number of anilines is 1. The van der Waals surface area contributed by atoms with Crippen LogP contribution in [0, 0.1) is 5.82 Å². The number of rotatable bonds is 4. The summed E-state index contributed by atoms with van der Waals surface area (Å²) in [5.41, 5.74) is 6.57. The van der Waals surface area contributed by atoms with E-state index in [-0.39, 0.29) is 11.6 Å². The van der Waals surface area contributed by atoms with Crippen LogP contribution in [0.4, 0.5) is 10.1 Å². The zero-order valence-corrected chi connectivity index (χ0v) is 13.1. The van der Waals surface area contributed by atoms with Crippen LogP contribution in [0.5, 0.6) is 5.75 Å². The van der Waals surface area contributed by atoms with Crippen LogP contribution < -0.4 is 10.5 Å². The standard InChI is InChI=1S/C14H13BrFNO2S/c1-19-13-7-11(17)4-5-14(13)20(18)8-9-2-3-10(15)6-12(9)16/h2-7H,8,17H2,1H3. The van der Waals surface area contributed by atoms with Gasteiger partial charge >= 0.3 is 0 Å². The first-order valence-corrected chi connectivity index (χ1v) is 7.88. The molecule has 0 fully saturated rings. The minimum absolute atomic E-state index is 0.0827. The molecule has 0 saturated heterocycles. The maximum absolute atomic E-state index is 13.8. The molecule has 0 bridgehead atoms. The van der Waals surface area contributed by atoms with Crippen LogP contribution >= 0.6 is 15.9 Å². The van der Waals surface area contributed by atoms with Gasteiger partial charge in [0.2, 0.25) is 0 Å². The molecule has 106 valence electrons. The lowest BCUT2D eigenvalue weighted by Crippen LogP contribution is -2.02. The third-order valence-corrected chi connectivity index (χ3v) is 4.63. The lowest BCUT2D eigenvalue weighted by atomic mass is 10.2. The van der Waals surface area contributed by atoms with E-state index in [2.05, 4.69) is 15.9 Å². The van der Waals surface area contributed by atoms with E-state index in [1.54, 1.807) is 30.3 Å². The fourth-order valence-corrected chi connectivity index (χ4v) is 3.32. The average Bonchev–Trinajstić information content (AvgIpc) is 2.41. The van der Waals surface area contributed by atoms with Gasteiger partial charge in [0.1, 0.15) is 11.6 Å². The fraction of sp³-hybridized carbons (Fsp3) is 0.143. The van der Waals surface area contributed by atoms with Crippen molar-refractivity contribution >= 4 is 32.4 Å². The van der Waals surface area contributed by atoms with Crippen LogP contribution in [0.25, 0.3) is 0 Å². The predicted octanol–water partition coefficient (Wildman–Crippen LogP) is 3.49. The Balaban J connectivity index is 2.28. The quantitative estimate of drug-likeness (QED) is 0.852. The van der Waals surface area contributed by atoms with Gasteiger partial charge in [-0.1, -0.05) is 22.0 Å². The number of benzene rings is 2. The highest BCUT2D eigenvalue weighted by molar-refractivity contribution is 9.10. The molecular weight excluding hydrogens is 345 g/mol. The molecule has 2 rings (SSSR count). The van der Waals surface area contributed by atoms with Gasteiger partial charge in [-0.3, -0.25) is 4.21 Å². The summed E-state index contributed by atoms with van der Waals surface area (Å²) < 4.78 is 31.9. The first kappa shape index (κ1) is 15.0. The van der Waals surface area contributed by atoms with Crippen LogP contribution in [-0.2, 0) is 16.6 Å². The second-order valence-corrected chi connectivity index (χ2v) is 6.47. The Bertz CT molecular complexity index is 664. The maximum atomic E-state index is 13.8. The molecule has 0 saturated carbocycles. The highest BCUT2D eigenvalue weighted by Crippen LogP contribution is 2.27. The molecule has 1 atom stereocenters. The lowest BCUT2D eigenvalue weighted by molar-refractivity contribution is 0.404. The predicted molar refractivity (Wildman–Crippen MR) is 81.6 cm³/mol. The van der Waals surface area contributed by atoms with Gasteiger partial charge in [0.15, 0.2) is 0 Å². The number of hydrogen-bond acceptors (Lipinski definition) is 3. The summed E-state index contributed by atoms with van der Waals surface area (Å²) in [6.45, 7) is 0. The normalized spacial score (nSPS) is 12.2. The van der Waals surface area contributed by atoms with Gasteiger partial charge in [0.05, 0.1) is 28.6 Å². The highest BCUT2D eigenvalue weighted by Gasteiger charge is 2.14. The number of nitrogens with two attached hydrogens (primary N) is 1. The van der Waals surface area contributed by atoms with Crippen molar-refractivity contribution in [2.45, 2.75) is 10.6 Å². The van der Waals surface area contributed by atoms with Gasteiger partial charge < -0.3 is 10.5 Å². The van der Waals surface area contributed by atoms with E-state index >= 15 is 0 Å². The summed E-state index contributed by atoms with van der Waals surface area (Å²) >= 11 is 3.19. The van der Waals surface area contributed by atoms with E-state index in [1.807, 2.05) is 0 Å². The molecule has 3 nitrogen and oxygen atoms in total. The number of nitrogen functional groups attached to an aromatic ring is 1. The van der Waals surface area contributed by atoms with Crippen LogP contribution in [0.15, 0.2) is 45.8 Å². The third-order valence-electron chi connectivity index (χ3n) is 2.73. The Hall–Kier alpha value is -1.40. The molecule has 1 unspecified atom stereocenters. The zero-order valence-electron chi connectivity index (χ0n) is 10.7. The molecule has 0 radical (unpaired) electrons. The Kier molecular flexibility index (Phi) is 4.77. The van der Waals surface area contributed by atoms with Gasteiger partial charge in [-0.25, -0.2) is 4.39 Å². The zero-order chi connectivity index (χ0) is 14.7. The number of halogens is 2. The summed E-state index contributed by atoms with van der Waals surface area (Å²) in [6, 6.07) is 9.57. The van der Waals surface area contributed by atoms with E-state index in [0.29, 0.717) is 26.4 Å². The highest BCUT2D eigenvalue weighted by atomic mass is 79.9. The van der Waals surface area contributed by atoms with Crippen molar-refractivity contribution in [2.75, 3.05) is 12.8 Å². The summed E-state index contributed by atoms with van der Waals surface area (Å²) in [7, 11) is 0.0750. The molecule has 2 N–H and O–H groups in total. The first-order chi connectivity index (χ1) is 9.51. The molecule has 6 heteroatoms. The van der Waals surface area contributed by atoms with Gasteiger partial charge in [0, 0.05) is 21.8 Å². The summed E-state index contributed by atoms with van der Waals surface area (Å²) in [5, 5.41) is 0. The van der Waals surface area contributed by atoms with Crippen LogP contribution in [0.3, 0.4) is 0 Å². The minimum atomic E-state index is -1.41. The van der Waals surface area contributed by atoms with E-state index in [4.69, 9.17) is 10.5 Å². The smallest absolute Gasteiger partial charge is 0.137 e. The molecule has 20 heavy (non-hydrogen) atoms. The number of hydrogen-bond donors (Lipinski definition) is 1. The molecule has 0 aliphatic rings. The molecule has 2 aromatic carbocycles. The second-order valence-electron chi connectivity index (χ2n) is 4.14. The topological polar surface area (TPSA) is 52.3 Å². The number of methoxy groups -OCH3 is 1. The summed E-state index contributed by atoms with van der Waals surface area (Å²) in [4.78, 5) is 0.504. The Morgan fingerprint density at radius 2 is 2.05 bits per heavy atom. The lowest BCUT2D eigenvalue weighted by Gasteiger charge is -2.09. The Morgan fingerprint density at radius 3 is 2.70 bits per heavy atom. The van der Waals surface area contributed by atoms with E-state index in [9.17, 15) is 8.60 Å². The van der Waals surface area contributed by atoms with E-state index in [0.717, 1.165) is 0 Å². The average molecular weight is 358 g/mol. The SMILES string of the molecule is COc1cc(N)ccc1S(=O)Cc1ccc(Br)cc1F. The molecule has 0 aromatic heterocycles. The fourth-order valence-electron chi connectivity index (χ4n) is 1.73. The minimum Gasteiger partial charge on any atom is -0.495 e. The second kappa shape index (κ2) is 6.37. The molecule has 0 amide bonds. The van der Waals surface area contributed by atoms with E-state index in [1.165, 1.54) is 13.2 Å². The third kappa shape index (κ3) is 3.37. The Morgan fingerprint density at radius 1 is 1.30 bits per heavy atom. The van der Waals surface area contributed by atoms with Crippen LogP contribution in [-0.4, -0.2) is 11.3 Å². The van der Waals surface area contributed by atoms with Gasteiger partial charge in [-0.2, -0.15) is 0 Å². The van der Waals surface area contributed by atoms with Crippen molar-refractivity contribution in [3.8, 4) is 5.75 Å². The number of ether oxygens (including phenoxy) is 1. The monoisotopic (exact) mass is 357 g/mol. The largest absolute Gasteiger partial charge is 0.495 e. The van der Waals surface area contributed by atoms with E-state index < -0.39 is 10.8 Å². The molecule has 0 aliphatic carbocycles. The molecule has 2 aromatic rings. The van der Waals surface area contributed by atoms with Gasteiger partial charge in [0.25, 0.3) is 0 Å². The van der Waals surface area contributed by atoms with Crippen molar-refractivity contribution in [3.05, 3.63) is 52.3 Å².